The predicted octanol–water partition coefficient (Wildman–Crippen LogP) is 0.361. The number of para-hydroxylation sites is 1. The molecule has 0 unspecified atom stereocenters. The van der Waals surface area contributed by atoms with Gasteiger partial charge in [-0.1, -0.05) is 12.1 Å². The fraction of sp³-hybridized carbons (Fsp3) is 0.111. The maximum atomic E-state index is 12.3. The summed E-state index contributed by atoms with van der Waals surface area (Å²) in [6.45, 7) is 0. The highest BCUT2D eigenvalue weighted by Crippen LogP contribution is 2.35. The summed E-state index contributed by atoms with van der Waals surface area (Å²) < 4.78 is 41.0. The molecule has 0 saturated carbocycles. The molecule has 16 heavy (non-hydrogen) atoms. The van der Waals surface area contributed by atoms with Gasteiger partial charge in [-0.3, -0.25) is 0 Å². The van der Waals surface area contributed by atoms with Crippen molar-refractivity contribution in [3.63, 3.8) is 0 Å². The van der Waals surface area contributed by atoms with Crippen molar-refractivity contribution < 1.29 is 32.6 Å². The summed E-state index contributed by atoms with van der Waals surface area (Å²) in [5.41, 5.74) is -1.23. The van der Waals surface area contributed by atoms with Crippen LogP contribution in [0.2, 0.25) is 0 Å². The number of hydrogen-bond donors (Lipinski definition) is 0. The molecule has 0 fully saturated rings. The van der Waals surface area contributed by atoms with Crippen molar-refractivity contribution in [2.45, 2.75) is 6.18 Å². The second-order valence-corrected chi connectivity index (χ2v) is 2.67. The number of carboxylic acids is 1. The smallest absolute Gasteiger partial charge is 0.419 e. The van der Waals surface area contributed by atoms with Crippen molar-refractivity contribution in [2.24, 2.45) is 0 Å². The molecular weight excluding hydrogens is 229 g/mol. The minimum absolute atomic E-state index is 0.665. The molecule has 0 amide bonds. The lowest BCUT2D eigenvalue weighted by Crippen LogP contribution is -2.35. The number of ether oxygens (including phenoxy) is 1. The van der Waals surface area contributed by atoms with Gasteiger partial charge in [-0.15, -0.1) is 0 Å². The molecule has 0 aliphatic heterocycles. The zero-order valence-corrected chi connectivity index (χ0v) is 7.58. The molecule has 4 nitrogen and oxygen atoms in total. The van der Waals surface area contributed by atoms with Crippen molar-refractivity contribution >= 4 is 11.9 Å². The molecule has 1 aromatic rings. The number of halogens is 3. The van der Waals surface area contributed by atoms with Crippen molar-refractivity contribution in [1.29, 1.82) is 0 Å². The van der Waals surface area contributed by atoms with Crippen molar-refractivity contribution in [3.05, 3.63) is 29.8 Å². The second-order valence-electron chi connectivity index (χ2n) is 2.67. The van der Waals surface area contributed by atoms with Gasteiger partial charge in [0.15, 0.2) is 5.97 Å². The standard InChI is InChI=1S/C9H5F3O4/c10-9(11,12)5-3-1-2-4-6(5)16-8(15)7(13)14/h1-4H,(H,13,14)/p-1. The second kappa shape index (κ2) is 4.21. The Bertz CT molecular complexity index is 425. The molecule has 0 spiro atoms. The summed E-state index contributed by atoms with van der Waals surface area (Å²) in [6.07, 6.45) is -4.73. The van der Waals surface area contributed by atoms with Gasteiger partial charge in [0.1, 0.15) is 5.75 Å². The van der Waals surface area contributed by atoms with Crippen LogP contribution in [0.3, 0.4) is 0 Å². The van der Waals surface area contributed by atoms with E-state index < -0.39 is 29.4 Å². The lowest BCUT2D eigenvalue weighted by atomic mass is 10.2. The number of esters is 1. The van der Waals surface area contributed by atoms with Crippen LogP contribution in [0, 0.1) is 0 Å². The predicted molar refractivity (Wildman–Crippen MR) is 42.1 cm³/mol. The van der Waals surface area contributed by atoms with E-state index in [0.717, 1.165) is 12.1 Å². The van der Waals surface area contributed by atoms with Crippen LogP contribution in [0.5, 0.6) is 5.75 Å². The van der Waals surface area contributed by atoms with E-state index in [2.05, 4.69) is 4.74 Å². The van der Waals surface area contributed by atoms with E-state index in [1.54, 1.807) is 0 Å². The Morgan fingerprint density at radius 1 is 1.19 bits per heavy atom. The van der Waals surface area contributed by atoms with Gasteiger partial charge in [0.25, 0.3) is 0 Å². The first-order valence-electron chi connectivity index (χ1n) is 3.91. The average Bonchev–Trinajstić information content (AvgIpc) is 2.16. The monoisotopic (exact) mass is 233 g/mol. The van der Waals surface area contributed by atoms with Crippen LogP contribution in [-0.4, -0.2) is 11.9 Å². The van der Waals surface area contributed by atoms with E-state index in [-0.39, 0.29) is 0 Å². The number of hydrogen-bond acceptors (Lipinski definition) is 4. The Morgan fingerprint density at radius 3 is 2.25 bits per heavy atom. The molecule has 7 heteroatoms. The van der Waals surface area contributed by atoms with Gasteiger partial charge in [-0.2, -0.15) is 13.2 Å². The van der Waals surface area contributed by atoms with Crippen molar-refractivity contribution in [1.82, 2.24) is 0 Å². The lowest BCUT2D eigenvalue weighted by Gasteiger charge is -2.12. The first-order chi connectivity index (χ1) is 7.32. The third-order valence-corrected chi connectivity index (χ3v) is 1.56. The zero-order valence-electron chi connectivity index (χ0n) is 7.58. The summed E-state index contributed by atoms with van der Waals surface area (Å²) in [7, 11) is 0. The van der Waals surface area contributed by atoms with Gasteiger partial charge in [-0.25, -0.2) is 4.79 Å². The molecular formula is C9H4F3O4-. The van der Waals surface area contributed by atoms with E-state index in [1.807, 2.05) is 0 Å². The minimum atomic E-state index is -4.73. The van der Waals surface area contributed by atoms with E-state index in [4.69, 9.17) is 0 Å². The minimum Gasteiger partial charge on any atom is -0.539 e. The number of rotatable bonds is 1. The summed E-state index contributed by atoms with van der Waals surface area (Å²) in [6, 6.07) is 3.76. The summed E-state index contributed by atoms with van der Waals surface area (Å²) in [5, 5.41) is 10.00. The van der Waals surface area contributed by atoms with Crippen molar-refractivity contribution in [3.8, 4) is 5.75 Å². The molecule has 0 bridgehead atoms. The van der Waals surface area contributed by atoms with Crippen LogP contribution >= 0.6 is 0 Å². The van der Waals surface area contributed by atoms with Crippen molar-refractivity contribution in [2.75, 3.05) is 0 Å². The molecule has 0 N–H and O–H groups in total. The molecule has 0 aliphatic carbocycles. The highest BCUT2D eigenvalue weighted by Gasteiger charge is 2.34. The zero-order chi connectivity index (χ0) is 12.3. The summed E-state index contributed by atoms with van der Waals surface area (Å²) in [5.74, 6) is -4.96. The van der Waals surface area contributed by atoms with Gasteiger partial charge < -0.3 is 14.6 Å². The van der Waals surface area contributed by atoms with E-state index in [1.165, 1.54) is 6.07 Å². The SMILES string of the molecule is O=C([O-])C(=O)Oc1ccccc1C(F)(F)F. The Morgan fingerprint density at radius 2 is 1.75 bits per heavy atom. The molecule has 1 aromatic carbocycles. The topological polar surface area (TPSA) is 66.4 Å². The quantitative estimate of drug-likeness (QED) is 0.399. The van der Waals surface area contributed by atoms with Gasteiger partial charge >= 0.3 is 12.1 Å². The largest absolute Gasteiger partial charge is 0.539 e. The Hall–Kier alpha value is -2.05. The normalized spacial score (nSPS) is 10.9. The van der Waals surface area contributed by atoms with E-state index in [9.17, 15) is 27.9 Å². The highest BCUT2D eigenvalue weighted by molar-refractivity contribution is 6.28. The Balaban J connectivity index is 3.05. The maximum Gasteiger partial charge on any atom is 0.419 e. The summed E-state index contributed by atoms with van der Waals surface area (Å²) >= 11 is 0. The fourth-order valence-electron chi connectivity index (χ4n) is 0.931. The number of carboxylic acid groups (broad SMARTS) is 1. The van der Waals surface area contributed by atoms with Crippen LogP contribution in [0.25, 0.3) is 0 Å². The molecule has 0 atom stereocenters. The maximum absolute atomic E-state index is 12.3. The first-order valence-corrected chi connectivity index (χ1v) is 3.91. The summed E-state index contributed by atoms with van der Waals surface area (Å²) in [4.78, 5) is 20.5. The third-order valence-electron chi connectivity index (χ3n) is 1.56. The molecule has 1 rings (SSSR count). The average molecular weight is 233 g/mol. The number of alkyl halides is 3. The molecule has 0 aromatic heterocycles. The molecule has 0 heterocycles. The van der Waals surface area contributed by atoms with Crippen LogP contribution in [0.4, 0.5) is 13.2 Å². The number of carbonyl (C=O) groups is 2. The highest BCUT2D eigenvalue weighted by atomic mass is 19.4. The van der Waals surface area contributed by atoms with Gasteiger partial charge in [0.2, 0.25) is 0 Å². The van der Waals surface area contributed by atoms with Crippen LogP contribution in [0.1, 0.15) is 5.56 Å². The Kier molecular flexibility index (Phi) is 3.17. The van der Waals surface area contributed by atoms with Crippen LogP contribution < -0.4 is 9.84 Å². The molecule has 0 radical (unpaired) electrons. The first kappa shape index (κ1) is 12.0. The fourth-order valence-corrected chi connectivity index (χ4v) is 0.931. The van der Waals surface area contributed by atoms with E-state index in [0.29, 0.717) is 6.07 Å². The van der Waals surface area contributed by atoms with Crippen LogP contribution in [-0.2, 0) is 15.8 Å². The Labute approximate surface area is 87.3 Å². The van der Waals surface area contributed by atoms with Gasteiger partial charge in [0, 0.05) is 0 Å². The third kappa shape index (κ3) is 2.72. The molecule has 0 aliphatic rings. The molecule has 86 valence electrons. The number of aliphatic carboxylic acids is 1. The number of carbonyl (C=O) groups excluding carboxylic acids is 2. The lowest BCUT2D eigenvalue weighted by molar-refractivity contribution is -0.302. The van der Waals surface area contributed by atoms with Gasteiger partial charge in [-0.05, 0) is 12.1 Å². The van der Waals surface area contributed by atoms with Gasteiger partial charge in [0.05, 0.1) is 5.56 Å². The van der Waals surface area contributed by atoms with Crippen LogP contribution in [0.15, 0.2) is 24.3 Å². The van der Waals surface area contributed by atoms with E-state index >= 15 is 0 Å². The molecule has 0 saturated heterocycles. The number of benzene rings is 1.